The largest absolute Gasteiger partial charge is 0.454 e. The lowest BCUT2D eigenvalue weighted by Crippen LogP contribution is -2.48. The molecular weight excluding hydrogens is 370 g/mol. The Labute approximate surface area is 160 Å². The van der Waals surface area contributed by atoms with Crippen molar-refractivity contribution >= 4 is 21.6 Å². The van der Waals surface area contributed by atoms with E-state index in [4.69, 9.17) is 9.47 Å². The van der Waals surface area contributed by atoms with Crippen molar-refractivity contribution in [2.45, 2.75) is 19.8 Å². The first kappa shape index (κ1) is 19.8. The number of hydrogen-bond donors (Lipinski definition) is 0. The Kier molecular flexibility index (Phi) is 6.11. The molecule has 3 rings (SSSR count). The number of benzene rings is 1. The molecule has 150 valence electrons. The van der Waals surface area contributed by atoms with Crippen LogP contribution in [0.3, 0.4) is 0 Å². The minimum Gasteiger partial charge on any atom is -0.454 e. The number of anilines is 1. The number of piperazine rings is 1. The molecule has 0 radical (unpaired) electrons. The molecular formula is C18H27N3O5S. The maximum Gasteiger partial charge on any atom is 0.232 e. The van der Waals surface area contributed by atoms with E-state index in [0.717, 1.165) is 32.7 Å². The van der Waals surface area contributed by atoms with Gasteiger partial charge in [-0.1, -0.05) is 6.92 Å². The summed E-state index contributed by atoms with van der Waals surface area (Å²) < 4.78 is 36.4. The van der Waals surface area contributed by atoms with Crippen molar-refractivity contribution in [3.8, 4) is 11.5 Å². The third-order valence-electron chi connectivity index (χ3n) is 4.97. The van der Waals surface area contributed by atoms with Gasteiger partial charge in [0.15, 0.2) is 11.5 Å². The van der Waals surface area contributed by atoms with Gasteiger partial charge in [-0.3, -0.25) is 9.10 Å². The number of amides is 1. The lowest BCUT2D eigenvalue weighted by Gasteiger charge is -2.34. The topological polar surface area (TPSA) is 79.4 Å². The molecule has 8 nitrogen and oxygen atoms in total. The van der Waals surface area contributed by atoms with Gasteiger partial charge in [0.05, 0.1) is 11.9 Å². The van der Waals surface area contributed by atoms with Crippen LogP contribution in [0.1, 0.15) is 19.8 Å². The van der Waals surface area contributed by atoms with Crippen molar-refractivity contribution in [2.75, 3.05) is 56.6 Å². The fraction of sp³-hybridized carbons (Fsp3) is 0.611. The van der Waals surface area contributed by atoms with Gasteiger partial charge in [-0.05, 0) is 25.1 Å². The van der Waals surface area contributed by atoms with Crippen LogP contribution >= 0.6 is 0 Å². The van der Waals surface area contributed by atoms with Gasteiger partial charge in [-0.2, -0.15) is 0 Å². The van der Waals surface area contributed by atoms with E-state index in [1.807, 2.05) is 4.90 Å². The molecule has 0 aromatic heterocycles. The molecule has 27 heavy (non-hydrogen) atoms. The molecule has 1 saturated heterocycles. The fourth-order valence-electron chi connectivity index (χ4n) is 3.37. The number of carbonyl (C=O) groups is 1. The quantitative estimate of drug-likeness (QED) is 0.686. The summed E-state index contributed by atoms with van der Waals surface area (Å²) in [4.78, 5) is 16.6. The summed E-state index contributed by atoms with van der Waals surface area (Å²) in [6.07, 6.45) is 1.97. The number of nitrogens with zero attached hydrogens (tertiary/aromatic N) is 3. The van der Waals surface area contributed by atoms with Gasteiger partial charge in [0.25, 0.3) is 0 Å². The first-order valence-electron chi connectivity index (χ1n) is 9.26. The van der Waals surface area contributed by atoms with Crippen LogP contribution in [0.15, 0.2) is 18.2 Å². The SMILES string of the molecule is CCN1CCN(C(=O)CCCN(c2ccc3c(c2)OCO3)S(C)(=O)=O)CC1. The predicted molar refractivity (Wildman–Crippen MR) is 103 cm³/mol. The van der Waals surface area contributed by atoms with Crippen LogP contribution in [-0.2, 0) is 14.8 Å². The molecule has 0 aliphatic carbocycles. The summed E-state index contributed by atoms with van der Waals surface area (Å²) in [5.74, 6) is 1.23. The van der Waals surface area contributed by atoms with E-state index < -0.39 is 10.0 Å². The first-order chi connectivity index (χ1) is 12.9. The van der Waals surface area contributed by atoms with Crippen molar-refractivity contribution in [3.05, 3.63) is 18.2 Å². The zero-order chi connectivity index (χ0) is 19.4. The molecule has 1 aromatic rings. The Morgan fingerprint density at radius 2 is 1.85 bits per heavy atom. The van der Waals surface area contributed by atoms with Crippen molar-refractivity contribution in [2.24, 2.45) is 0 Å². The highest BCUT2D eigenvalue weighted by atomic mass is 32.2. The average Bonchev–Trinajstić information content (AvgIpc) is 3.11. The van der Waals surface area contributed by atoms with E-state index in [2.05, 4.69) is 11.8 Å². The zero-order valence-electron chi connectivity index (χ0n) is 15.9. The predicted octanol–water partition coefficient (Wildman–Crippen LogP) is 1.13. The Balaban J connectivity index is 1.57. The van der Waals surface area contributed by atoms with E-state index >= 15 is 0 Å². The number of carbonyl (C=O) groups excluding carboxylic acids is 1. The monoisotopic (exact) mass is 397 g/mol. The number of likely N-dealkylation sites (N-methyl/N-ethyl adjacent to an activating group) is 1. The molecule has 0 saturated carbocycles. The molecule has 2 aliphatic heterocycles. The minimum atomic E-state index is -3.46. The normalized spacial score (nSPS) is 17.2. The number of hydrogen-bond acceptors (Lipinski definition) is 6. The lowest BCUT2D eigenvalue weighted by molar-refractivity contribution is -0.132. The summed E-state index contributed by atoms with van der Waals surface area (Å²) in [6, 6.07) is 5.06. The van der Waals surface area contributed by atoms with Gasteiger partial charge in [-0.15, -0.1) is 0 Å². The summed E-state index contributed by atoms with van der Waals surface area (Å²) in [7, 11) is -3.46. The smallest absolute Gasteiger partial charge is 0.232 e. The Bertz CT molecular complexity index is 775. The zero-order valence-corrected chi connectivity index (χ0v) is 16.7. The van der Waals surface area contributed by atoms with Gasteiger partial charge >= 0.3 is 0 Å². The molecule has 0 bridgehead atoms. The maximum atomic E-state index is 12.4. The molecule has 0 atom stereocenters. The molecule has 1 amide bonds. The van der Waals surface area contributed by atoms with E-state index in [1.54, 1.807) is 18.2 Å². The number of ether oxygens (including phenoxy) is 2. The van der Waals surface area contributed by atoms with E-state index in [1.165, 1.54) is 10.6 Å². The summed E-state index contributed by atoms with van der Waals surface area (Å²) in [6.45, 7) is 6.78. The maximum absolute atomic E-state index is 12.4. The second-order valence-electron chi connectivity index (χ2n) is 6.79. The van der Waals surface area contributed by atoms with Gasteiger partial charge in [0.2, 0.25) is 22.7 Å². The molecule has 0 spiro atoms. The highest BCUT2D eigenvalue weighted by Gasteiger charge is 2.23. The molecule has 1 fully saturated rings. The summed E-state index contributed by atoms with van der Waals surface area (Å²) >= 11 is 0. The van der Waals surface area contributed by atoms with Crippen LogP contribution in [0.25, 0.3) is 0 Å². The highest BCUT2D eigenvalue weighted by Crippen LogP contribution is 2.36. The van der Waals surface area contributed by atoms with E-state index in [-0.39, 0.29) is 19.2 Å². The number of sulfonamides is 1. The molecule has 0 N–H and O–H groups in total. The van der Waals surface area contributed by atoms with Crippen molar-refractivity contribution in [3.63, 3.8) is 0 Å². The lowest BCUT2D eigenvalue weighted by atomic mass is 10.2. The first-order valence-corrected chi connectivity index (χ1v) is 11.1. The van der Waals surface area contributed by atoms with Crippen LogP contribution in [0.2, 0.25) is 0 Å². The van der Waals surface area contributed by atoms with Gasteiger partial charge in [0.1, 0.15) is 0 Å². The van der Waals surface area contributed by atoms with E-state index in [9.17, 15) is 13.2 Å². The average molecular weight is 397 g/mol. The second-order valence-corrected chi connectivity index (χ2v) is 8.70. The molecule has 2 heterocycles. The van der Waals surface area contributed by atoms with Gasteiger partial charge in [0, 0.05) is 45.2 Å². The second kappa shape index (κ2) is 8.35. The van der Waals surface area contributed by atoms with Crippen LogP contribution in [0.4, 0.5) is 5.69 Å². The van der Waals surface area contributed by atoms with Crippen LogP contribution in [0, 0.1) is 0 Å². The molecule has 2 aliphatic rings. The van der Waals surface area contributed by atoms with Crippen LogP contribution in [0.5, 0.6) is 11.5 Å². The molecule has 1 aromatic carbocycles. The third-order valence-corrected chi connectivity index (χ3v) is 6.16. The minimum absolute atomic E-state index is 0.0879. The number of fused-ring (bicyclic) bond motifs is 1. The Morgan fingerprint density at radius 3 is 2.52 bits per heavy atom. The van der Waals surface area contributed by atoms with Crippen LogP contribution in [-0.4, -0.2) is 76.4 Å². The highest BCUT2D eigenvalue weighted by molar-refractivity contribution is 7.92. The van der Waals surface area contributed by atoms with E-state index in [0.29, 0.717) is 30.0 Å². The third kappa shape index (κ3) is 4.84. The standard InChI is InChI=1S/C18H27N3O5S/c1-3-19-9-11-20(12-10-19)18(22)5-4-8-21(27(2,23)24)15-6-7-16-17(13-15)26-14-25-16/h6-7,13H,3-5,8-12,14H2,1-2H3. The Morgan fingerprint density at radius 1 is 1.15 bits per heavy atom. The molecule has 9 heteroatoms. The molecule has 0 unspecified atom stereocenters. The van der Waals surface area contributed by atoms with Crippen molar-refractivity contribution < 1.29 is 22.7 Å². The van der Waals surface area contributed by atoms with Gasteiger partial charge < -0.3 is 19.3 Å². The van der Waals surface area contributed by atoms with Crippen LogP contribution < -0.4 is 13.8 Å². The van der Waals surface area contributed by atoms with Crippen molar-refractivity contribution in [1.82, 2.24) is 9.80 Å². The van der Waals surface area contributed by atoms with Gasteiger partial charge in [-0.25, -0.2) is 8.42 Å². The number of rotatable bonds is 7. The van der Waals surface area contributed by atoms with Crippen molar-refractivity contribution in [1.29, 1.82) is 0 Å². The fourth-order valence-corrected chi connectivity index (χ4v) is 4.33. The summed E-state index contributed by atoms with van der Waals surface area (Å²) in [5.41, 5.74) is 0.519. The Hall–Kier alpha value is -2.00. The summed E-state index contributed by atoms with van der Waals surface area (Å²) in [5, 5.41) is 0.